The van der Waals surface area contributed by atoms with Gasteiger partial charge in [0.05, 0.1) is 13.1 Å². The molecule has 1 aliphatic carbocycles. The minimum absolute atomic E-state index is 0.0388. The summed E-state index contributed by atoms with van der Waals surface area (Å²) in [6.07, 6.45) is 9.85. The van der Waals surface area contributed by atoms with Crippen LogP contribution in [0.2, 0.25) is 0 Å². The third-order valence-electron chi connectivity index (χ3n) is 6.87. The summed E-state index contributed by atoms with van der Waals surface area (Å²) in [4.78, 5) is 30.4. The van der Waals surface area contributed by atoms with Crippen LogP contribution in [0, 0.1) is 11.7 Å². The van der Waals surface area contributed by atoms with Crippen LogP contribution in [-0.2, 0) is 22.7 Å². The second-order valence-electron chi connectivity index (χ2n) is 10.3. The van der Waals surface area contributed by atoms with Gasteiger partial charge in [0, 0.05) is 37.4 Å². The van der Waals surface area contributed by atoms with Gasteiger partial charge in [-0.05, 0) is 55.0 Å². The predicted molar refractivity (Wildman–Crippen MR) is 138 cm³/mol. The topological polar surface area (TPSA) is 45.6 Å². The molecule has 6 heteroatoms. The van der Waals surface area contributed by atoms with E-state index in [1.807, 2.05) is 17.2 Å². The highest BCUT2D eigenvalue weighted by Gasteiger charge is 2.29. The van der Waals surface area contributed by atoms with Crippen molar-refractivity contribution in [2.45, 2.75) is 91.3 Å². The Bertz CT molecular complexity index is 932. The Labute approximate surface area is 210 Å². The Kier molecular flexibility index (Phi) is 10.4. The number of carbonyl (C=O) groups excluding carboxylic acids is 2. The lowest BCUT2D eigenvalue weighted by atomic mass is 9.94. The number of hydrogen-bond donors (Lipinski definition) is 0. The number of unbranched alkanes of at least 4 members (excludes halogenated alkanes) is 1. The lowest BCUT2D eigenvalue weighted by Gasteiger charge is -2.36. The Morgan fingerprint density at radius 1 is 1.06 bits per heavy atom. The Morgan fingerprint density at radius 2 is 1.77 bits per heavy atom. The summed E-state index contributed by atoms with van der Waals surface area (Å²) in [6.45, 7) is 8.17. The Morgan fingerprint density at radius 3 is 2.43 bits per heavy atom. The van der Waals surface area contributed by atoms with Crippen molar-refractivity contribution in [3.05, 3.63) is 59.7 Å². The van der Waals surface area contributed by atoms with E-state index in [-0.39, 0.29) is 30.2 Å². The second kappa shape index (κ2) is 13.5. The zero-order chi connectivity index (χ0) is 25.2. The van der Waals surface area contributed by atoms with Crippen LogP contribution in [-0.4, -0.2) is 45.3 Å². The summed E-state index contributed by atoms with van der Waals surface area (Å²) < 4.78 is 15.5. The standard InChI is InChI=1S/C29H42FN3O2/c1-4-5-13-28(34)32(19-23(2)3)22-29(35)33(26-10-7-6-8-11-26)21-27-12-9-18-31(27)20-24-14-16-25(30)17-15-24/h9,12,14-18,23,26H,4-8,10-11,13,19-22H2,1-3H3. The molecule has 1 aromatic heterocycles. The molecular weight excluding hydrogens is 441 g/mol. The molecular formula is C29H42FN3O2. The van der Waals surface area contributed by atoms with Crippen molar-refractivity contribution in [1.82, 2.24) is 14.4 Å². The normalized spacial score (nSPS) is 14.3. The molecule has 1 saturated carbocycles. The average molecular weight is 484 g/mol. The van der Waals surface area contributed by atoms with E-state index >= 15 is 0 Å². The first kappa shape index (κ1) is 27.0. The van der Waals surface area contributed by atoms with Gasteiger partial charge in [0.25, 0.3) is 0 Å². The summed E-state index contributed by atoms with van der Waals surface area (Å²) >= 11 is 0. The molecule has 3 rings (SSSR count). The molecule has 1 heterocycles. The lowest BCUT2D eigenvalue weighted by Crippen LogP contribution is -2.48. The van der Waals surface area contributed by atoms with E-state index in [0.29, 0.717) is 32.0 Å². The van der Waals surface area contributed by atoms with Gasteiger partial charge in [-0.25, -0.2) is 4.39 Å². The van der Waals surface area contributed by atoms with Crippen molar-refractivity contribution in [2.24, 2.45) is 5.92 Å². The molecule has 0 radical (unpaired) electrons. The number of aromatic nitrogens is 1. The van der Waals surface area contributed by atoms with Crippen LogP contribution in [0.1, 0.15) is 83.4 Å². The Hall–Kier alpha value is -2.63. The second-order valence-corrected chi connectivity index (χ2v) is 10.3. The maximum atomic E-state index is 13.7. The summed E-state index contributed by atoms with van der Waals surface area (Å²) in [6, 6.07) is 10.8. The summed E-state index contributed by atoms with van der Waals surface area (Å²) in [5.74, 6) is 0.188. The van der Waals surface area contributed by atoms with Crippen LogP contribution in [0.15, 0.2) is 42.6 Å². The maximum Gasteiger partial charge on any atom is 0.242 e. The van der Waals surface area contributed by atoms with Crippen molar-refractivity contribution in [2.75, 3.05) is 13.1 Å². The van der Waals surface area contributed by atoms with Crippen LogP contribution in [0.3, 0.4) is 0 Å². The van der Waals surface area contributed by atoms with Gasteiger partial charge in [-0.15, -0.1) is 0 Å². The highest BCUT2D eigenvalue weighted by molar-refractivity contribution is 5.85. The Balaban J connectivity index is 1.77. The number of rotatable bonds is 12. The van der Waals surface area contributed by atoms with Crippen molar-refractivity contribution in [1.29, 1.82) is 0 Å². The number of carbonyl (C=O) groups is 2. The van der Waals surface area contributed by atoms with Crippen LogP contribution in [0.25, 0.3) is 0 Å². The molecule has 192 valence electrons. The van der Waals surface area contributed by atoms with Crippen molar-refractivity contribution in [3.8, 4) is 0 Å². The maximum absolute atomic E-state index is 13.7. The molecule has 0 saturated heterocycles. The number of amides is 2. The fourth-order valence-corrected chi connectivity index (χ4v) is 4.96. The summed E-state index contributed by atoms with van der Waals surface area (Å²) in [5, 5.41) is 0. The largest absolute Gasteiger partial charge is 0.345 e. The van der Waals surface area contributed by atoms with E-state index in [4.69, 9.17) is 0 Å². The van der Waals surface area contributed by atoms with Gasteiger partial charge in [-0.1, -0.05) is 58.6 Å². The van der Waals surface area contributed by atoms with E-state index < -0.39 is 0 Å². The molecule has 1 fully saturated rings. The van der Waals surface area contributed by atoms with E-state index in [2.05, 4.69) is 31.4 Å². The lowest BCUT2D eigenvalue weighted by molar-refractivity contribution is -0.143. The van der Waals surface area contributed by atoms with E-state index in [9.17, 15) is 14.0 Å². The highest BCUT2D eigenvalue weighted by atomic mass is 19.1. The van der Waals surface area contributed by atoms with Gasteiger partial charge in [0.2, 0.25) is 11.8 Å². The molecule has 0 N–H and O–H groups in total. The van der Waals surface area contributed by atoms with Crippen LogP contribution >= 0.6 is 0 Å². The molecule has 0 aliphatic heterocycles. The first-order valence-electron chi connectivity index (χ1n) is 13.3. The fraction of sp³-hybridized carbons (Fsp3) is 0.586. The molecule has 5 nitrogen and oxygen atoms in total. The van der Waals surface area contributed by atoms with E-state index in [1.165, 1.54) is 18.6 Å². The first-order chi connectivity index (χ1) is 16.9. The molecule has 0 spiro atoms. The summed E-state index contributed by atoms with van der Waals surface area (Å²) in [5.41, 5.74) is 2.07. The fourth-order valence-electron chi connectivity index (χ4n) is 4.96. The summed E-state index contributed by atoms with van der Waals surface area (Å²) in [7, 11) is 0. The van der Waals surface area contributed by atoms with Gasteiger partial charge in [-0.2, -0.15) is 0 Å². The molecule has 0 bridgehead atoms. The van der Waals surface area contributed by atoms with Gasteiger partial charge in [-0.3, -0.25) is 9.59 Å². The van der Waals surface area contributed by atoms with Gasteiger partial charge >= 0.3 is 0 Å². The molecule has 2 amide bonds. The van der Waals surface area contributed by atoms with Crippen LogP contribution in [0.5, 0.6) is 0 Å². The minimum Gasteiger partial charge on any atom is -0.345 e. The van der Waals surface area contributed by atoms with E-state index in [1.54, 1.807) is 17.0 Å². The molecule has 0 atom stereocenters. The minimum atomic E-state index is -0.241. The monoisotopic (exact) mass is 483 g/mol. The highest BCUT2D eigenvalue weighted by Crippen LogP contribution is 2.25. The number of halogens is 1. The number of nitrogens with zero attached hydrogens (tertiary/aromatic N) is 3. The SMILES string of the molecule is CCCCC(=O)N(CC(=O)N(Cc1cccn1Cc1ccc(F)cc1)C1CCCCC1)CC(C)C. The quantitative estimate of drug-likeness (QED) is 0.371. The zero-order valence-electron chi connectivity index (χ0n) is 21.7. The molecule has 1 aliphatic rings. The number of hydrogen-bond acceptors (Lipinski definition) is 2. The first-order valence-corrected chi connectivity index (χ1v) is 13.3. The van der Waals surface area contributed by atoms with Crippen LogP contribution in [0.4, 0.5) is 4.39 Å². The van der Waals surface area contributed by atoms with Gasteiger partial charge in [0.1, 0.15) is 5.82 Å². The number of benzene rings is 1. The third kappa shape index (κ3) is 8.22. The molecule has 0 unspecified atom stereocenters. The van der Waals surface area contributed by atoms with E-state index in [0.717, 1.165) is 49.8 Å². The van der Waals surface area contributed by atoms with Crippen molar-refractivity contribution >= 4 is 11.8 Å². The predicted octanol–water partition coefficient (Wildman–Crippen LogP) is 6.01. The average Bonchev–Trinajstić information content (AvgIpc) is 3.28. The zero-order valence-corrected chi connectivity index (χ0v) is 21.7. The van der Waals surface area contributed by atoms with Crippen molar-refractivity contribution in [3.63, 3.8) is 0 Å². The smallest absolute Gasteiger partial charge is 0.242 e. The van der Waals surface area contributed by atoms with Crippen molar-refractivity contribution < 1.29 is 14.0 Å². The van der Waals surface area contributed by atoms with Gasteiger partial charge in [0.15, 0.2) is 0 Å². The molecule has 1 aromatic carbocycles. The van der Waals surface area contributed by atoms with Crippen LogP contribution < -0.4 is 0 Å². The molecule has 2 aromatic rings. The third-order valence-corrected chi connectivity index (χ3v) is 6.87. The molecule has 35 heavy (non-hydrogen) atoms. The van der Waals surface area contributed by atoms with Gasteiger partial charge < -0.3 is 14.4 Å².